The molecule has 0 aromatic carbocycles. The van der Waals surface area contributed by atoms with Gasteiger partial charge in [-0.25, -0.2) is 4.72 Å². The molecule has 0 aliphatic rings. The van der Waals surface area contributed by atoms with Crippen molar-refractivity contribution in [3.05, 3.63) is 0 Å². The number of aromatic nitrogens is 2. The standard InChI is InChI=1S/C7H12N4O4S3/c1-2-3-8-18(14,15)11-6-9-10-7(17-6)16-4-5(12)13/h8H,2-4H2,1H3,(H,9,11)(H,12,13). The smallest absolute Gasteiger partial charge is 0.313 e. The first-order valence-corrected chi connectivity index (χ1v) is 8.17. The molecule has 3 N–H and O–H groups in total. The lowest BCUT2D eigenvalue weighted by molar-refractivity contribution is -0.133. The molecule has 0 radical (unpaired) electrons. The van der Waals surface area contributed by atoms with Crippen LogP contribution in [0.4, 0.5) is 5.13 Å². The van der Waals surface area contributed by atoms with Gasteiger partial charge in [0.15, 0.2) is 4.34 Å². The van der Waals surface area contributed by atoms with Gasteiger partial charge in [-0.3, -0.25) is 4.79 Å². The molecular weight excluding hydrogens is 300 g/mol. The Morgan fingerprint density at radius 1 is 1.50 bits per heavy atom. The highest BCUT2D eigenvalue weighted by molar-refractivity contribution is 8.01. The van der Waals surface area contributed by atoms with Crippen LogP contribution in [0.3, 0.4) is 0 Å². The van der Waals surface area contributed by atoms with Crippen molar-refractivity contribution < 1.29 is 18.3 Å². The maximum absolute atomic E-state index is 11.4. The first-order chi connectivity index (χ1) is 8.43. The Balaban J connectivity index is 2.55. The zero-order chi connectivity index (χ0) is 13.6. The van der Waals surface area contributed by atoms with Crippen molar-refractivity contribution >= 4 is 44.4 Å². The summed E-state index contributed by atoms with van der Waals surface area (Å²) in [6, 6.07) is 0. The predicted molar refractivity (Wildman–Crippen MR) is 69.1 cm³/mol. The lowest BCUT2D eigenvalue weighted by Gasteiger charge is -2.04. The summed E-state index contributed by atoms with van der Waals surface area (Å²) in [5, 5.41) is 15.9. The first-order valence-electron chi connectivity index (χ1n) is 4.88. The summed E-state index contributed by atoms with van der Waals surface area (Å²) in [6.45, 7) is 2.17. The van der Waals surface area contributed by atoms with Crippen molar-refractivity contribution in [2.24, 2.45) is 0 Å². The number of anilines is 1. The maximum Gasteiger partial charge on any atom is 0.313 e. The first kappa shape index (κ1) is 15.1. The topological polar surface area (TPSA) is 121 Å². The molecule has 0 saturated carbocycles. The van der Waals surface area contributed by atoms with Crippen LogP contribution < -0.4 is 9.44 Å². The summed E-state index contributed by atoms with van der Waals surface area (Å²) in [4.78, 5) is 10.3. The zero-order valence-corrected chi connectivity index (χ0v) is 11.9. The number of nitrogens with one attached hydrogen (secondary N) is 2. The van der Waals surface area contributed by atoms with Gasteiger partial charge < -0.3 is 5.11 Å². The Labute approximate surface area is 112 Å². The predicted octanol–water partition coefficient (Wildman–Crippen LogP) is 0.371. The van der Waals surface area contributed by atoms with Crippen molar-refractivity contribution in [3.8, 4) is 0 Å². The highest BCUT2D eigenvalue weighted by Crippen LogP contribution is 2.25. The molecule has 18 heavy (non-hydrogen) atoms. The van der Waals surface area contributed by atoms with Crippen LogP contribution in [0, 0.1) is 0 Å². The van der Waals surface area contributed by atoms with Gasteiger partial charge in [-0.1, -0.05) is 30.0 Å². The van der Waals surface area contributed by atoms with Gasteiger partial charge in [-0.05, 0) is 6.42 Å². The molecule has 0 amide bonds. The number of hydrogen-bond acceptors (Lipinski definition) is 7. The number of hydrogen-bond donors (Lipinski definition) is 3. The van der Waals surface area contributed by atoms with Crippen LogP contribution in [-0.2, 0) is 15.0 Å². The van der Waals surface area contributed by atoms with E-state index in [4.69, 9.17) is 5.11 Å². The fourth-order valence-corrected chi connectivity index (χ4v) is 3.46. The van der Waals surface area contributed by atoms with Crippen LogP contribution in [0.15, 0.2) is 4.34 Å². The molecule has 0 aliphatic heterocycles. The van der Waals surface area contributed by atoms with E-state index in [9.17, 15) is 13.2 Å². The molecule has 0 fully saturated rings. The highest BCUT2D eigenvalue weighted by Gasteiger charge is 2.13. The van der Waals surface area contributed by atoms with Gasteiger partial charge in [0.2, 0.25) is 5.13 Å². The largest absolute Gasteiger partial charge is 0.481 e. The number of aliphatic carboxylic acids is 1. The second-order valence-corrected chi connectivity index (χ2v) is 6.76. The third-order valence-corrected chi connectivity index (χ3v) is 4.62. The SMILES string of the molecule is CCCNS(=O)(=O)Nc1nnc(SCC(=O)O)s1. The molecule has 1 aromatic rings. The van der Waals surface area contributed by atoms with Crippen LogP contribution in [0.1, 0.15) is 13.3 Å². The number of nitrogens with zero attached hydrogens (tertiary/aromatic N) is 2. The third kappa shape index (κ3) is 5.62. The van der Waals surface area contributed by atoms with Crippen molar-refractivity contribution in [1.82, 2.24) is 14.9 Å². The number of thioether (sulfide) groups is 1. The third-order valence-electron chi connectivity index (χ3n) is 1.49. The van der Waals surface area contributed by atoms with E-state index in [1.54, 1.807) is 0 Å². The minimum absolute atomic E-state index is 0.103. The Bertz CT molecular complexity index is 501. The Hall–Kier alpha value is -0.910. The van der Waals surface area contributed by atoms with E-state index in [2.05, 4.69) is 19.6 Å². The number of rotatable bonds is 8. The molecule has 11 heteroatoms. The molecule has 8 nitrogen and oxygen atoms in total. The molecule has 0 atom stereocenters. The van der Waals surface area contributed by atoms with Crippen LogP contribution in [0.5, 0.6) is 0 Å². The summed E-state index contributed by atoms with van der Waals surface area (Å²) >= 11 is 1.97. The van der Waals surface area contributed by atoms with Gasteiger partial charge in [0.05, 0.1) is 5.75 Å². The molecule has 0 unspecified atom stereocenters. The molecule has 1 rings (SSSR count). The number of carboxylic acid groups (broad SMARTS) is 1. The van der Waals surface area contributed by atoms with Crippen molar-refractivity contribution in [2.45, 2.75) is 17.7 Å². The van der Waals surface area contributed by atoms with Gasteiger partial charge in [-0.15, -0.1) is 10.2 Å². The molecular formula is C7H12N4O4S3. The molecule has 0 bridgehead atoms. The van der Waals surface area contributed by atoms with E-state index in [1.165, 1.54) is 0 Å². The van der Waals surface area contributed by atoms with Crippen LogP contribution in [-0.4, -0.2) is 42.0 Å². The van der Waals surface area contributed by atoms with Crippen LogP contribution >= 0.6 is 23.1 Å². The van der Waals surface area contributed by atoms with Gasteiger partial charge >= 0.3 is 16.2 Å². The Kier molecular flexibility index (Phi) is 5.78. The van der Waals surface area contributed by atoms with E-state index < -0.39 is 16.2 Å². The molecule has 0 saturated heterocycles. The van der Waals surface area contributed by atoms with Crippen molar-refractivity contribution in [3.63, 3.8) is 0 Å². The summed E-state index contributed by atoms with van der Waals surface area (Å²) in [7, 11) is -3.63. The average molecular weight is 312 g/mol. The van der Waals surface area contributed by atoms with Gasteiger partial charge in [0.25, 0.3) is 0 Å². The maximum atomic E-state index is 11.4. The van der Waals surface area contributed by atoms with E-state index in [0.29, 0.717) is 17.3 Å². The average Bonchev–Trinajstić information content (AvgIpc) is 2.70. The fraction of sp³-hybridized carbons (Fsp3) is 0.571. The van der Waals surface area contributed by atoms with E-state index in [1.807, 2.05) is 6.92 Å². The second-order valence-electron chi connectivity index (χ2n) is 3.06. The Morgan fingerprint density at radius 3 is 2.83 bits per heavy atom. The minimum atomic E-state index is -3.63. The summed E-state index contributed by atoms with van der Waals surface area (Å²) in [5.74, 6) is -1.11. The van der Waals surface area contributed by atoms with Gasteiger partial charge in [0.1, 0.15) is 0 Å². The highest BCUT2D eigenvalue weighted by atomic mass is 32.2. The van der Waals surface area contributed by atoms with Crippen molar-refractivity contribution in [2.75, 3.05) is 17.0 Å². The van der Waals surface area contributed by atoms with Crippen LogP contribution in [0.2, 0.25) is 0 Å². The lowest BCUT2D eigenvalue weighted by Crippen LogP contribution is -2.30. The lowest BCUT2D eigenvalue weighted by atomic mass is 10.5. The van der Waals surface area contributed by atoms with Gasteiger partial charge in [-0.2, -0.15) is 13.1 Å². The molecule has 1 aromatic heterocycles. The normalized spacial score (nSPS) is 11.4. The number of carbonyl (C=O) groups is 1. The molecule has 1 heterocycles. The van der Waals surface area contributed by atoms with E-state index in [0.717, 1.165) is 23.1 Å². The molecule has 0 aliphatic carbocycles. The summed E-state index contributed by atoms with van der Waals surface area (Å²) < 4.78 is 27.8. The van der Waals surface area contributed by atoms with E-state index >= 15 is 0 Å². The minimum Gasteiger partial charge on any atom is -0.481 e. The second kappa shape index (κ2) is 6.87. The molecule has 102 valence electrons. The summed E-state index contributed by atoms with van der Waals surface area (Å²) in [5.41, 5.74) is 0. The quantitative estimate of drug-likeness (QED) is 0.593. The summed E-state index contributed by atoms with van der Waals surface area (Å²) in [6.07, 6.45) is 0.677. The van der Waals surface area contributed by atoms with Crippen LogP contribution in [0.25, 0.3) is 0 Å². The van der Waals surface area contributed by atoms with E-state index in [-0.39, 0.29) is 10.9 Å². The zero-order valence-electron chi connectivity index (χ0n) is 9.41. The fourth-order valence-electron chi connectivity index (χ4n) is 0.820. The monoisotopic (exact) mass is 312 g/mol. The van der Waals surface area contributed by atoms with Crippen molar-refractivity contribution in [1.29, 1.82) is 0 Å². The molecule has 0 spiro atoms. The van der Waals surface area contributed by atoms with Gasteiger partial charge in [0, 0.05) is 6.54 Å². The Morgan fingerprint density at radius 2 is 2.22 bits per heavy atom. The number of carboxylic acids is 1.